The van der Waals surface area contributed by atoms with Crippen molar-refractivity contribution in [3.05, 3.63) is 277 Å². The van der Waals surface area contributed by atoms with Crippen LogP contribution in [-0.4, -0.2) is 9.97 Å². The summed E-state index contributed by atoms with van der Waals surface area (Å²) in [5, 5.41) is 2.31. The van der Waals surface area contributed by atoms with Gasteiger partial charge in [-0.3, -0.25) is 0 Å². The molecule has 0 radical (unpaired) electrons. The molecule has 0 spiro atoms. The van der Waals surface area contributed by atoms with Gasteiger partial charge in [0.15, 0.2) is 5.82 Å². The number of hydrogen-bond donors (Lipinski definition) is 0. The second-order valence-electron chi connectivity index (χ2n) is 16.8. The summed E-state index contributed by atoms with van der Waals surface area (Å²) < 4.78 is 0. The third-order valence-electron chi connectivity index (χ3n) is 13.2. The molecule has 0 saturated heterocycles. The minimum Gasteiger partial charge on any atom is -0.228 e. The number of aromatic nitrogens is 2. The van der Waals surface area contributed by atoms with E-state index in [9.17, 15) is 0 Å². The van der Waals surface area contributed by atoms with Crippen molar-refractivity contribution in [1.82, 2.24) is 9.97 Å². The van der Waals surface area contributed by atoms with Crippen LogP contribution in [0.25, 0.3) is 89.2 Å². The van der Waals surface area contributed by atoms with Crippen molar-refractivity contribution in [3.63, 3.8) is 0 Å². The van der Waals surface area contributed by atoms with Gasteiger partial charge in [-0.25, -0.2) is 9.97 Å². The van der Waals surface area contributed by atoms with Gasteiger partial charge in [0.1, 0.15) is 0 Å². The Kier molecular flexibility index (Phi) is 9.43. The Morgan fingerprint density at radius 1 is 0.246 bits per heavy atom. The van der Waals surface area contributed by atoms with E-state index in [-0.39, 0.29) is 0 Å². The Bertz CT molecular complexity index is 3470. The first-order valence-corrected chi connectivity index (χ1v) is 22.3. The SMILES string of the molecule is c1ccc(-c2ccc(-c3cccc(-c4cc(-c5ccc(-c6ccc7c(c6)C(c6ccccc6)(c6ccccc6)c6ccccc6-7)c6ccccc56)nc(-c5ccccc5)n4)c3)cc2)cc1. The predicted octanol–water partition coefficient (Wildman–Crippen LogP) is 16.0. The van der Waals surface area contributed by atoms with Crippen molar-refractivity contribution < 1.29 is 0 Å². The molecule has 0 bridgehead atoms. The molecule has 2 nitrogen and oxygen atoms in total. The fourth-order valence-corrected chi connectivity index (χ4v) is 10.2. The van der Waals surface area contributed by atoms with E-state index in [4.69, 9.17) is 9.97 Å². The molecule has 1 aromatic heterocycles. The summed E-state index contributed by atoms with van der Waals surface area (Å²) in [5.74, 6) is 0.695. The van der Waals surface area contributed by atoms with Crippen molar-refractivity contribution in [1.29, 1.82) is 0 Å². The van der Waals surface area contributed by atoms with Gasteiger partial charge in [0.25, 0.3) is 0 Å². The maximum Gasteiger partial charge on any atom is 0.160 e. The van der Waals surface area contributed by atoms with Gasteiger partial charge in [-0.1, -0.05) is 237 Å². The number of nitrogens with zero attached hydrogens (tertiary/aromatic N) is 2. The highest BCUT2D eigenvalue weighted by atomic mass is 14.9. The molecule has 0 atom stereocenters. The van der Waals surface area contributed by atoms with Crippen molar-refractivity contribution in [3.8, 4) is 78.4 Å². The summed E-state index contributed by atoms with van der Waals surface area (Å²) in [4.78, 5) is 10.6. The van der Waals surface area contributed by atoms with Crippen LogP contribution >= 0.6 is 0 Å². The van der Waals surface area contributed by atoms with Gasteiger partial charge in [0, 0.05) is 16.7 Å². The van der Waals surface area contributed by atoms with Crippen LogP contribution in [0.2, 0.25) is 0 Å². The highest BCUT2D eigenvalue weighted by molar-refractivity contribution is 6.05. The van der Waals surface area contributed by atoms with E-state index in [1.165, 1.54) is 61.0 Å². The first-order valence-electron chi connectivity index (χ1n) is 22.3. The van der Waals surface area contributed by atoms with E-state index in [0.717, 1.165) is 44.6 Å². The van der Waals surface area contributed by atoms with Crippen LogP contribution in [0.15, 0.2) is 255 Å². The normalized spacial score (nSPS) is 12.4. The summed E-state index contributed by atoms with van der Waals surface area (Å²) in [6, 6.07) is 91.9. The molecule has 12 rings (SSSR count). The van der Waals surface area contributed by atoms with Crippen LogP contribution in [-0.2, 0) is 5.41 Å². The van der Waals surface area contributed by atoms with E-state index >= 15 is 0 Å². The Hall–Kier alpha value is -8.46. The predicted molar refractivity (Wildman–Crippen MR) is 269 cm³/mol. The molecule has 0 aliphatic heterocycles. The largest absolute Gasteiger partial charge is 0.228 e. The lowest BCUT2D eigenvalue weighted by atomic mass is 9.67. The molecular weight excluding hydrogens is 785 g/mol. The van der Waals surface area contributed by atoms with E-state index in [2.05, 4.69) is 237 Å². The monoisotopic (exact) mass is 826 g/mol. The average molecular weight is 827 g/mol. The second kappa shape index (κ2) is 16.0. The van der Waals surface area contributed by atoms with Gasteiger partial charge in [-0.2, -0.15) is 0 Å². The van der Waals surface area contributed by atoms with Crippen LogP contribution in [0.4, 0.5) is 0 Å². The minimum atomic E-state index is -0.478. The minimum absolute atomic E-state index is 0.478. The van der Waals surface area contributed by atoms with Crippen LogP contribution in [0.3, 0.4) is 0 Å². The van der Waals surface area contributed by atoms with Crippen LogP contribution in [0.1, 0.15) is 22.3 Å². The van der Waals surface area contributed by atoms with Crippen molar-refractivity contribution in [2.75, 3.05) is 0 Å². The van der Waals surface area contributed by atoms with Crippen LogP contribution in [0, 0.1) is 0 Å². The van der Waals surface area contributed by atoms with Crippen LogP contribution in [0.5, 0.6) is 0 Å². The molecule has 304 valence electrons. The Morgan fingerprint density at radius 3 is 1.40 bits per heavy atom. The first kappa shape index (κ1) is 38.2. The molecule has 0 fully saturated rings. The van der Waals surface area contributed by atoms with Crippen molar-refractivity contribution in [2.45, 2.75) is 5.41 Å². The quantitative estimate of drug-likeness (QED) is 0.152. The van der Waals surface area contributed by atoms with Gasteiger partial charge in [0.2, 0.25) is 0 Å². The van der Waals surface area contributed by atoms with Gasteiger partial charge in [0.05, 0.1) is 16.8 Å². The summed E-state index contributed by atoms with van der Waals surface area (Å²) in [7, 11) is 0. The van der Waals surface area contributed by atoms with E-state index in [1.54, 1.807) is 0 Å². The van der Waals surface area contributed by atoms with Crippen LogP contribution < -0.4 is 0 Å². The van der Waals surface area contributed by atoms with E-state index < -0.39 is 5.41 Å². The Morgan fingerprint density at radius 2 is 0.708 bits per heavy atom. The molecule has 1 aliphatic carbocycles. The lowest BCUT2D eigenvalue weighted by Gasteiger charge is -2.34. The fourth-order valence-electron chi connectivity index (χ4n) is 10.2. The molecule has 10 aromatic carbocycles. The molecule has 1 aliphatic rings. The Labute approximate surface area is 379 Å². The maximum absolute atomic E-state index is 5.32. The molecule has 0 N–H and O–H groups in total. The number of hydrogen-bond acceptors (Lipinski definition) is 2. The highest BCUT2D eigenvalue weighted by Gasteiger charge is 2.46. The Balaban J connectivity index is 0.995. The third-order valence-corrected chi connectivity index (χ3v) is 13.2. The molecule has 65 heavy (non-hydrogen) atoms. The number of fused-ring (bicyclic) bond motifs is 4. The number of rotatable bonds is 8. The molecule has 0 amide bonds. The lowest BCUT2D eigenvalue weighted by Crippen LogP contribution is -2.28. The van der Waals surface area contributed by atoms with Crippen molar-refractivity contribution in [2.24, 2.45) is 0 Å². The summed E-state index contributed by atoms with van der Waals surface area (Å²) >= 11 is 0. The van der Waals surface area contributed by atoms with E-state index in [0.29, 0.717) is 5.82 Å². The van der Waals surface area contributed by atoms with Gasteiger partial charge >= 0.3 is 0 Å². The maximum atomic E-state index is 5.32. The summed E-state index contributed by atoms with van der Waals surface area (Å²) in [5.41, 5.74) is 19.1. The molecule has 1 heterocycles. The number of benzene rings is 10. The zero-order chi connectivity index (χ0) is 43.2. The zero-order valence-corrected chi connectivity index (χ0v) is 35.6. The zero-order valence-electron chi connectivity index (χ0n) is 35.6. The van der Waals surface area contributed by atoms with Crippen molar-refractivity contribution >= 4 is 10.8 Å². The summed E-state index contributed by atoms with van der Waals surface area (Å²) in [6.07, 6.45) is 0. The van der Waals surface area contributed by atoms with Gasteiger partial charge < -0.3 is 0 Å². The second-order valence-corrected chi connectivity index (χ2v) is 16.8. The van der Waals surface area contributed by atoms with Gasteiger partial charge in [-0.15, -0.1) is 0 Å². The first-order chi connectivity index (χ1) is 32.2. The molecule has 0 saturated carbocycles. The standard InChI is InChI=1S/C63H42N2/c1-5-18-43(19-6-1)44-32-34-45(35-33-44)47-22-17-23-49(40-47)60-42-61(65-62(64-60)46-20-7-2-8-21-46)57-39-38-52(53-28-13-14-29-54(53)57)48-36-37-56-55-30-15-16-31-58(55)63(59(56)41-48,50-24-9-3-10-25-50)51-26-11-4-12-27-51/h1-42H. The summed E-state index contributed by atoms with van der Waals surface area (Å²) in [6.45, 7) is 0. The lowest BCUT2D eigenvalue weighted by molar-refractivity contribution is 0.769. The molecular formula is C63H42N2. The van der Waals surface area contributed by atoms with E-state index in [1.807, 2.05) is 18.2 Å². The fraction of sp³-hybridized carbons (Fsp3) is 0.0159. The molecule has 2 heteroatoms. The smallest absolute Gasteiger partial charge is 0.160 e. The third kappa shape index (κ3) is 6.58. The topological polar surface area (TPSA) is 25.8 Å². The molecule has 11 aromatic rings. The van der Waals surface area contributed by atoms with Gasteiger partial charge in [-0.05, 0) is 95.7 Å². The molecule has 0 unspecified atom stereocenters. The average Bonchev–Trinajstić information content (AvgIpc) is 3.69. The highest BCUT2D eigenvalue weighted by Crippen LogP contribution is 2.57.